The molecule has 3 aromatic carbocycles. The number of hydrogen-bond donors (Lipinski definition) is 2. The predicted molar refractivity (Wildman–Crippen MR) is 218 cm³/mol. The molecule has 276 valence electrons. The lowest BCUT2D eigenvalue weighted by Crippen LogP contribution is -2.37. The first-order chi connectivity index (χ1) is 24.8. The molecule has 1 heterocycles. The Balaban J connectivity index is 1.12. The number of nitrogens with one attached hydrogen (secondary N) is 1. The van der Waals surface area contributed by atoms with E-state index in [0.717, 1.165) is 77.9 Å². The van der Waals surface area contributed by atoms with E-state index >= 15 is 0 Å². The minimum absolute atomic E-state index is 0.0151. The van der Waals surface area contributed by atoms with E-state index in [4.69, 9.17) is 21.4 Å². The third-order valence-corrected chi connectivity index (χ3v) is 13.0. The van der Waals surface area contributed by atoms with Crippen LogP contribution in [0.4, 0.5) is 0 Å². The quantitative estimate of drug-likeness (QED) is 0.126. The monoisotopic (exact) mass is 738 g/mol. The van der Waals surface area contributed by atoms with Crippen LogP contribution in [0.2, 0.25) is 5.02 Å². The molecule has 1 aromatic heterocycles. The number of hydrogen-bond acceptors (Lipinski definition) is 6. The molecule has 2 aliphatic carbocycles. The van der Waals surface area contributed by atoms with Crippen LogP contribution in [0.25, 0.3) is 23.1 Å². The largest absolute Gasteiger partial charge is 0.386 e. The van der Waals surface area contributed by atoms with Gasteiger partial charge in [0.15, 0.2) is 0 Å². The van der Waals surface area contributed by atoms with E-state index in [1.54, 1.807) is 0 Å². The Hall–Kier alpha value is -3.16. The Morgan fingerprint density at radius 1 is 0.981 bits per heavy atom. The summed E-state index contributed by atoms with van der Waals surface area (Å²) < 4.78 is 0. The molecule has 0 aliphatic heterocycles. The number of benzene rings is 3. The Bertz CT molecular complexity index is 1860. The Morgan fingerprint density at radius 2 is 1.73 bits per heavy atom. The number of thioether (sulfide) groups is 1. The second-order valence-electron chi connectivity index (χ2n) is 16.8. The van der Waals surface area contributed by atoms with Crippen molar-refractivity contribution < 1.29 is 14.7 Å². The van der Waals surface area contributed by atoms with Gasteiger partial charge < -0.3 is 9.94 Å². The Kier molecular flexibility index (Phi) is 12.2. The highest BCUT2D eigenvalue weighted by Crippen LogP contribution is 2.53. The highest BCUT2D eigenvalue weighted by molar-refractivity contribution is 7.99. The standard InChI is InChI=1S/C45H55ClN2O3S/c1-43(2,3)35-17-22-38(23-18-35)48-51-42(49)29-45(25-26-45)30-52-41(24-16-32-10-6-7-12-39(32)44(4,5)50)34-11-8-9-31(27-34)13-20-37-21-15-33-14-19-36(46)28-40(33)47-37/h6-15,19-21,27-28,35,38,41,48,50H,16-18,22-26,29-30H2,1-5H3/b20-13+/t35?,38?,41-/m1/s1. The second kappa shape index (κ2) is 16.5. The molecule has 2 fully saturated rings. The number of carbonyl (C=O) groups is 1. The molecule has 52 heavy (non-hydrogen) atoms. The van der Waals surface area contributed by atoms with Crippen LogP contribution < -0.4 is 5.48 Å². The summed E-state index contributed by atoms with van der Waals surface area (Å²) in [5.41, 5.74) is 8.82. The summed E-state index contributed by atoms with van der Waals surface area (Å²) >= 11 is 8.18. The SMILES string of the molecule is CC(C)(O)c1ccccc1CC[C@@H](SCC1(CC(=O)ONC2CCC(C(C)(C)C)CC2)CC1)c1cccc(/C=C/c2ccc3ccc(Cl)cc3n2)c1. The van der Waals surface area contributed by atoms with Gasteiger partial charge in [0, 0.05) is 27.5 Å². The van der Waals surface area contributed by atoms with Crippen LogP contribution in [0.3, 0.4) is 0 Å². The third-order valence-electron chi connectivity index (χ3n) is 11.1. The van der Waals surface area contributed by atoms with Crippen LogP contribution in [0, 0.1) is 16.7 Å². The number of halogens is 1. The number of aromatic nitrogens is 1. The number of aliphatic hydroxyl groups is 1. The molecule has 6 rings (SSSR count). The summed E-state index contributed by atoms with van der Waals surface area (Å²) in [4.78, 5) is 23.6. The van der Waals surface area contributed by atoms with Crippen LogP contribution in [0.5, 0.6) is 0 Å². The lowest BCUT2D eigenvalue weighted by molar-refractivity contribution is -0.155. The number of aryl methyl sites for hydroxylation is 1. The van der Waals surface area contributed by atoms with Crippen molar-refractivity contribution in [2.24, 2.45) is 16.7 Å². The van der Waals surface area contributed by atoms with E-state index in [0.29, 0.717) is 16.9 Å². The van der Waals surface area contributed by atoms with E-state index in [9.17, 15) is 9.90 Å². The molecule has 0 bridgehead atoms. The first-order valence-electron chi connectivity index (χ1n) is 19.0. The average molecular weight is 739 g/mol. The Labute approximate surface area is 320 Å². The van der Waals surface area contributed by atoms with Crippen LogP contribution in [-0.4, -0.2) is 27.9 Å². The van der Waals surface area contributed by atoms with Crippen molar-refractivity contribution in [2.45, 2.75) is 109 Å². The minimum atomic E-state index is -0.912. The molecule has 0 amide bonds. The van der Waals surface area contributed by atoms with E-state index in [-0.39, 0.29) is 22.7 Å². The van der Waals surface area contributed by atoms with Crippen molar-refractivity contribution in [3.05, 3.63) is 112 Å². The topological polar surface area (TPSA) is 71.5 Å². The number of fused-ring (bicyclic) bond motifs is 1. The molecule has 2 N–H and O–H groups in total. The van der Waals surface area contributed by atoms with Gasteiger partial charge in [-0.1, -0.05) is 99.1 Å². The number of hydroxylamine groups is 1. The van der Waals surface area contributed by atoms with Gasteiger partial charge in [-0.3, -0.25) is 4.79 Å². The van der Waals surface area contributed by atoms with Crippen molar-refractivity contribution >= 4 is 52.4 Å². The molecule has 2 saturated carbocycles. The number of carbonyl (C=O) groups excluding carboxylic acids is 1. The van der Waals surface area contributed by atoms with Gasteiger partial charge >= 0.3 is 5.97 Å². The lowest BCUT2D eigenvalue weighted by Gasteiger charge is -2.36. The van der Waals surface area contributed by atoms with Crippen molar-refractivity contribution in [1.29, 1.82) is 0 Å². The molecular formula is C45H55ClN2O3S. The number of pyridine rings is 1. The minimum Gasteiger partial charge on any atom is -0.386 e. The Morgan fingerprint density at radius 3 is 2.46 bits per heavy atom. The van der Waals surface area contributed by atoms with Gasteiger partial charge in [-0.25, -0.2) is 4.98 Å². The number of nitrogens with zero attached hydrogens (tertiary/aromatic N) is 1. The molecular weight excluding hydrogens is 684 g/mol. The third kappa shape index (κ3) is 10.5. The van der Waals surface area contributed by atoms with E-state index < -0.39 is 5.60 Å². The summed E-state index contributed by atoms with van der Waals surface area (Å²) in [5.74, 6) is 1.49. The zero-order valence-electron chi connectivity index (χ0n) is 31.5. The van der Waals surface area contributed by atoms with E-state index in [1.807, 2.05) is 62.0 Å². The van der Waals surface area contributed by atoms with Gasteiger partial charge in [-0.15, -0.1) is 0 Å². The molecule has 5 nitrogen and oxygen atoms in total. The van der Waals surface area contributed by atoms with Gasteiger partial charge in [0.25, 0.3) is 0 Å². The first kappa shape index (κ1) is 38.6. The van der Waals surface area contributed by atoms with Crippen molar-refractivity contribution in [2.75, 3.05) is 5.75 Å². The van der Waals surface area contributed by atoms with Gasteiger partial charge in [-0.2, -0.15) is 17.2 Å². The van der Waals surface area contributed by atoms with Crippen LogP contribution in [0.15, 0.2) is 78.9 Å². The highest BCUT2D eigenvalue weighted by atomic mass is 35.5. The van der Waals surface area contributed by atoms with Gasteiger partial charge in [0.2, 0.25) is 0 Å². The van der Waals surface area contributed by atoms with Gasteiger partial charge in [-0.05, 0) is 128 Å². The number of rotatable bonds is 14. The van der Waals surface area contributed by atoms with Gasteiger partial charge in [0.05, 0.1) is 23.2 Å². The normalized spacial score (nSPS) is 19.5. The van der Waals surface area contributed by atoms with E-state index in [1.165, 1.54) is 24.0 Å². The maximum Gasteiger partial charge on any atom is 0.325 e. The summed E-state index contributed by atoms with van der Waals surface area (Å²) in [6.45, 7) is 10.7. The molecule has 0 saturated heterocycles. The molecule has 1 atom stereocenters. The molecule has 0 spiro atoms. The maximum absolute atomic E-state index is 13.1. The molecule has 2 aliphatic rings. The predicted octanol–water partition coefficient (Wildman–Crippen LogP) is 11.5. The van der Waals surface area contributed by atoms with Crippen molar-refractivity contribution in [3.8, 4) is 0 Å². The summed E-state index contributed by atoms with van der Waals surface area (Å²) in [6.07, 6.45) is 12.9. The average Bonchev–Trinajstić information content (AvgIpc) is 3.88. The smallest absolute Gasteiger partial charge is 0.325 e. The fraction of sp³-hybridized carbons (Fsp3) is 0.467. The molecule has 7 heteroatoms. The molecule has 4 aromatic rings. The zero-order chi connectivity index (χ0) is 36.9. The molecule has 0 unspecified atom stereocenters. The summed E-state index contributed by atoms with van der Waals surface area (Å²) in [5, 5.41) is 12.9. The summed E-state index contributed by atoms with van der Waals surface area (Å²) in [6, 6.07) is 27.1. The fourth-order valence-corrected chi connectivity index (χ4v) is 9.34. The van der Waals surface area contributed by atoms with Crippen LogP contribution in [0.1, 0.15) is 119 Å². The lowest BCUT2D eigenvalue weighted by atomic mass is 9.71. The molecule has 0 radical (unpaired) electrons. The summed E-state index contributed by atoms with van der Waals surface area (Å²) in [7, 11) is 0. The van der Waals surface area contributed by atoms with Crippen LogP contribution in [-0.2, 0) is 21.7 Å². The fourth-order valence-electron chi connectivity index (χ4n) is 7.61. The van der Waals surface area contributed by atoms with Gasteiger partial charge in [0.1, 0.15) is 0 Å². The van der Waals surface area contributed by atoms with E-state index in [2.05, 4.69) is 80.9 Å². The highest BCUT2D eigenvalue weighted by Gasteiger charge is 2.45. The van der Waals surface area contributed by atoms with Crippen molar-refractivity contribution in [3.63, 3.8) is 0 Å². The van der Waals surface area contributed by atoms with Crippen LogP contribution >= 0.6 is 23.4 Å². The maximum atomic E-state index is 13.1. The zero-order valence-corrected chi connectivity index (χ0v) is 33.0. The first-order valence-corrected chi connectivity index (χ1v) is 20.4. The second-order valence-corrected chi connectivity index (χ2v) is 18.4. The van der Waals surface area contributed by atoms with Crippen molar-refractivity contribution in [1.82, 2.24) is 10.5 Å².